The maximum absolute atomic E-state index is 12.9. The molecule has 2 aromatic rings. The summed E-state index contributed by atoms with van der Waals surface area (Å²) in [4.78, 5) is 3.20. The van der Waals surface area contributed by atoms with Crippen LogP contribution in [0.25, 0.3) is 0 Å². The Hall–Kier alpha value is -1.54. The molecule has 0 atom stereocenters. The zero-order valence-electron chi connectivity index (χ0n) is 9.27. The molecule has 0 spiro atoms. The van der Waals surface area contributed by atoms with Crippen LogP contribution in [0.4, 0.5) is 14.5 Å². The quantitative estimate of drug-likeness (QED) is 0.867. The Morgan fingerprint density at radius 1 is 1.16 bits per heavy atom. The minimum absolute atomic E-state index is 0.0927. The van der Waals surface area contributed by atoms with Crippen LogP contribution in [-0.4, -0.2) is 13.4 Å². The first-order valence-corrected chi connectivity index (χ1v) is 7.25. The van der Waals surface area contributed by atoms with Gasteiger partial charge in [-0.3, -0.25) is 4.72 Å². The van der Waals surface area contributed by atoms with Gasteiger partial charge in [0.05, 0.1) is 11.9 Å². The van der Waals surface area contributed by atoms with Crippen molar-refractivity contribution in [3.63, 3.8) is 0 Å². The number of anilines is 1. The Kier molecular flexibility index (Phi) is 3.81. The van der Waals surface area contributed by atoms with Crippen molar-refractivity contribution in [1.82, 2.24) is 4.98 Å². The molecule has 0 radical (unpaired) electrons. The summed E-state index contributed by atoms with van der Waals surface area (Å²) in [6, 6.07) is 5.45. The van der Waals surface area contributed by atoms with Crippen molar-refractivity contribution in [3.8, 4) is 0 Å². The minimum atomic E-state index is -3.90. The van der Waals surface area contributed by atoms with Crippen LogP contribution in [0.3, 0.4) is 0 Å². The summed E-state index contributed by atoms with van der Waals surface area (Å²) in [5.74, 6) is -1.28. The van der Waals surface area contributed by atoms with Crippen molar-refractivity contribution in [1.29, 1.82) is 0 Å². The average Bonchev–Trinajstić information content (AvgIpc) is 2.31. The van der Waals surface area contributed by atoms with Crippen molar-refractivity contribution in [3.05, 3.63) is 52.8 Å². The number of hydrogen-bond donors (Lipinski definition) is 1. The topological polar surface area (TPSA) is 59.1 Å². The van der Waals surface area contributed by atoms with Crippen molar-refractivity contribution >= 4 is 31.6 Å². The highest BCUT2D eigenvalue weighted by molar-refractivity contribution is 9.10. The SMILES string of the molecule is O=S(=O)(Nc1ccc(F)nc1)c1ccc(F)cc1Br. The Morgan fingerprint density at radius 2 is 1.89 bits per heavy atom. The van der Waals surface area contributed by atoms with Crippen molar-refractivity contribution in [2.24, 2.45) is 0 Å². The van der Waals surface area contributed by atoms with E-state index in [2.05, 4.69) is 25.6 Å². The molecule has 0 aliphatic rings. The van der Waals surface area contributed by atoms with Crippen LogP contribution in [0.5, 0.6) is 0 Å². The van der Waals surface area contributed by atoms with Crippen molar-refractivity contribution in [2.45, 2.75) is 4.90 Å². The molecule has 1 aromatic carbocycles. The lowest BCUT2D eigenvalue weighted by Crippen LogP contribution is -2.13. The molecule has 100 valence electrons. The van der Waals surface area contributed by atoms with E-state index in [9.17, 15) is 17.2 Å². The van der Waals surface area contributed by atoms with Gasteiger partial charge in [0.15, 0.2) is 0 Å². The third-order valence-electron chi connectivity index (χ3n) is 2.16. The number of nitrogens with zero attached hydrogens (tertiary/aromatic N) is 1. The third-order valence-corrected chi connectivity index (χ3v) is 4.52. The van der Waals surface area contributed by atoms with Crippen LogP contribution in [0, 0.1) is 11.8 Å². The standard InChI is InChI=1S/C11H7BrF2N2O2S/c12-9-5-7(13)1-3-10(9)19(17,18)16-8-2-4-11(14)15-6-8/h1-6,16H. The second kappa shape index (κ2) is 5.22. The molecule has 0 aliphatic carbocycles. The lowest BCUT2D eigenvalue weighted by Gasteiger charge is -2.09. The number of aromatic nitrogens is 1. The van der Waals surface area contributed by atoms with Crippen LogP contribution in [0.2, 0.25) is 0 Å². The van der Waals surface area contributed by atoms with Crippen molar-refractivity contribution < 1.29 is 17.2 Å². The normalized spacial score (nSPS) is 11.3. The molecule has 1 N–H and O–H groups in total. The summed E-state index contributed by atoms with van der Waals surface area (Å²) in [5, 5.41) is 0. The number of hydrogen-bond acceptors (Lipinski definition) is 3. The highest BCUT2D eigenvalue weighted by Crippen LogP contribution is 2.24. The van der Waals surface area contributed by atoms with Crippen LogP contribution >= 0.6 is 15.9 Å². The molecule has 8 heteroatoms. The summed E-state index contributed by atoms with van der Waals surface area (Å²) in [6.45, 7) is 0. The Balaban J connectivity index is 2.35. The predicted molar refractivity (Wildman–Crippen MR) is 69.1 cm³/mol. The minimum Gasteiger partial charge on any atom is -0.278 e. The monoisotopic (exact) mass is 348 g/mol. The smallest absolute Gasteiger partial charge is 0.263 e. The van der Waals surface area contributed by atoms with E-state index in [4.69, 9.17) is 0 Å². The van der Waals surface area contributed by atoms with Crippen LogP contribution in [-0.2, 0) is 10.0 Å². The van der Waals surface area contributed by atoms with Gasteiger partial charge in [-0.05, 0) is 46.3 Å². The number of halogens is 3. The maximum Gasteiger partial charge on any atom is 0.263 e. The van der Waals surface area contributed by atoms with Gasteiger partial charge in [0.1, 0.15) is 10.7 Å². The van der Waals surface area contributed by atoms with Gasteiger partial charge in [-0.1, -0.05) is 0 Å². The molecule has 19 heavy (non-hydrogen) atoms. The number of nitrogens with one attached hydrogen (secondary N) is 1. The van der Waals surface area contributed by atoms with Crippen molar-refractivity contribution in [2.75, 3.05) is 4.72 Å². The molecule has 0 aliphatic heterocycles. The number of rotatable bonds is 3. The van der Waals surface area contributed by atoms with E-state index in [1.165, 1.54) is 6.07 Å². The Labute approximate surface area is 116 Å². The van der Waals surface area contributed by atoms with E-state index < -0.39 is 21.8 Å². The lowest BCUT2D eigenvalue weighted by molar-refractivity contribution is 0.583. The fourth-order valence-corrected chi connectivity index (χ4v) is 3.43. The number of pyridine rings is 1. The second-order valence-corrected chi connectivity index (χ2v) is 6.06. The van der Waals surface area contributed by atoms with Gasteiger partial charge in [-0.15, -0.1) is 0 Å². The Morgan fingerprint density at radius 3 is 2.47 bits per heavy atom. The molecule has 0 bridgehead atoms. The van der Waals surface area contributed by atoms with Gasteiger partial charge in [0.2, 0.25) is 5.95 Å². The molecule has 2 rings (SSSR count). The number of benzene rings is 1. The summed E-state index contributed by atoms with van der Waals surface area (Å²) in [5.41, 5.74) is 0.109. The highest BCUT2D eigenvalue weighted by Gasteiger charge is 2.18. The molecule has 0 amide bonds. The van der Waals surface area contributed by atoms with Gasteiger partial charge in [-0.25, -0.2) is 17.8 Å². The summed E-state index contributed by atoms with van der Waals surface area (Å²) >= 11 is 2.97. The lowest BCUT2D eigenvalue weighted by atomic mass is 10.3. The largest absolute Gasteiger partial charge is 0.278 e. The first kappa shape index (κ1) is 13.9. The molecule has 0 saturated heterocycles. The van der Waals surface area contributed by atoms with E-state index in [1.54, 1.807) is 0 Å². The third kappa shape index (κ3) is 3.27. The zero-order chi connectivity index (χ0) is 14.0. The summed E-state index contributed by atoms with van der Waals surface area (Å²) < 4.78 is 51.9. The molecular formula is C11H7BrF2N2O2S. The first-order valence-electron chi connectivity index (χ1n) is 4.98. The maximum atomic E-state index is 12.9. The second-order valence-electron chi connectivity index (χ2n) is 3.55. The van der Waals surface area contributed by atoms with E-state index in [0.29, 0.717) is 0 Å². The van der Waals surface area contributed by atoms with E-state index >= 15 is 0 Å². The van der Waals surface area contributed by atoms with Gasteiger partial charge >= 0.3 is 0 Å². The van der Waals surface area contributed by atoms with Gasteiger partial charge < -0.3 is 0 Å². The van der Waals surface area contributed by atoms with E-state index in [-0.39, 0.29) is 15.1 Å². The first-order chi connectivity index (χ1) is 8.88. The molecule has 4 nitrogen and oxygen atoms in total. The Bertz CT molecular complexity index is 705. The predicted octanol–water partition coefficient (Wildman–Crippen LogP) is 2.92. The molecule has 0 unspecified atom stereocenters. The fraction of sp³-hybridized carbons (Fsp3) is 0. The average molecular weight is 349 g/mol. The van der Waals surface area contributed by atoms with Gasteiger partial charge in [0.25, 0.3) is 10.0 Å². The molecule has 1 heterocycles. The van der Waals surface area contributed by atoms with Gasteiger partial charge in [-0.2, -0.15) is 4.39 Å². The van der Waals surface area contributed by atoms with Crippen LogP contribution in [0.1, 0.15) is 0 Å². The molecule has 1 aromatic heterocycles. The number of sulfonamides is 1. The summed E-state index contributed by atoms with van der Waals surface area (Å²) in [7, 11) is -3.90. The van der Waals surface area contributed by atoms with E-state index in [0.717, 1.165) is 30.5 Å². The molecular weight excluding hydrogens is 342 g/mol. The van der Waals surface area contributed by atoms with Crippen LogP contribution < -0.4 is 4.72 Å². The zero-order valence-corrected chi connectivity index (χ0v) is 11.7. The summed E-state index contributed by atoms with van der Waals surface area (Å²) in [6.07, 6.45) is 1.05. The fourth-order valence-electron chi connectivity index (χ4n) is 1.34. The van der Waals surface area contributed by atoms with E-state index in [1.807, 2.05) is 0 Å². The molecule has 0 fully saturated rings. The van der Waals surface area contributed by atoms with Crippen LogP contribution in [0.15, 0.2) is 45.9 Å². The highest BCUT2D eigenvalue weighted by atomic mass is 79.9. The van der Waals surface area contributed by atoms with Gasteiger partial charge in [0, 0.05) is 4.47 Å². The molecule has 0 saturated carbocycles.